The number of aliphatic hydroxyl groups excluding tert-OH is 2. The van der Waals surface area contributed by atoms with Crippen LogP contribution in [-0.2, 0) is 19.4 Å². The number of nitrogens with one attached hydrogen (secondary N) is 1. The average Bonchev–Trinajstić information content (AvgIpc) is 3.47. The lowest BCUT2D eigenvalue weighted by molar-refractivity contribution is 0.0781. The van der Waals surface area contributed by atoms with Crippen molar-refractivity contribution in [3.63, 3.8) is 0 Å². The van der Waals surface area contributed by atoms with Gasteiger partial charge in [-0.05, 0) is 30.0 Å². The zero-order valence-corrected chi connectivity index (χ0v) is 16.1. The van der Waals surface area contributed by atoms with Crippen molar-refractivity contribution in [3.8, 4) is 11.4 Å². The van der Waals surface area contributed by atoms with Gasteiger partial charge in [0.05, 0.1) is 37.1 Å². The maximum Gasteiger partial charge on any atom is 0.254 e. The van der Waals surface area contributed by atoms with E-state index >= 15 is 0 Å². The number of nitrogens with zero attached hydrogens (tertiary/aromatic N) is 4. The van der Waals surface area contributed by atoms with E-state index in [1.54, 1.807) is 6.20 Å². The third-order valence-corrected chi connectivity index (χ3v) is 5.06. The Bertz CT molecular complexity index is 1010. The van der Waals surface area contributed by atoms with E-state index in [1.165, 1.54) is 10.9 Å². The van der Waals surface area contributed by atoms with Crippen LogP contribution >= 0.6 is 0 Å². The third-order valence-electron chi connectivity index (χ3n) is 5.06. The molecule has 152 valence electrons. The number of aromatic nitrogens is 4. The van der Waals surface area contributed by atoms with E-state index in [2.05, 4.69) is 26.6 Å². The molecule has 1 aliphatic rings. The maximum absolute atomic E-state index is 12.6. The van der Waals surface area contributed by atoms with Crippen LogP contribution in [-0.4, -0.2) is 48.8 Å². The quantitative estimate of drug-likeness (QED) is 0.548. The smallest absolute Gasteiger partial charge is 0.254 e. The van der Waals surface area contributed by atoms with Crippen molar-refractivity contribution < 1.29 is 19.5 Å². The monoisotopic (exact) mass is 397 g/mol. The lowest BCUT2D eigenvalue weighted by atomic mass is 10.0. The van der Waals surface area contributed by atoms with Gasteiger partial charge in [-0.3, -0.25) is 9.48 Å². The minimum absolute atomic E-state index is 0.0746. The molecule has 2 heterocycles. The molecule has 0 saturated heterocycles. The number of carbonyl (C=O) groups is 1. The first kappa shape index (κ1) is 19.3. The molecule has 9 nitrogen and oxygen atoms in total. The predicted molar refractivity (Wildman–Crippen MR) is 103 cm³/mol. The summed E-state index contributed by atoms with van der Waals surface area (Å²) in [5.41, 5.74) is 3.57. The van der Waals surface area contributed by atoms with E-state index < -0.39 is 6.10 Å². The summed E-state index contributed by atoms with van der Waals surface area (Å²) in [4.78, 5) is 17.0. The molecule has 3 N–H and O–H groups in total. The first-order valence-corrected chi connectivity index (χ1v) is 9.65. The first-order valence-electron chi connectivity index (χ1n) is 9.65. The third kappa shape index (κ3) is 4.06. The standard InChI is InChI=1S/C20H23N5O4/c1-2-18-23-19(24-29-18)13-3-5-16-12(7-13)4-6-17(16)22-20(28)14-8-21-25(9-14)10-15(27)11-26/h3,5,7-9,15,17,26-27H,2,4,6,10-11H2,1H3,(H,22,28)/t15-,17-/m1/s1. The van der Waals surface area contributed by atoms with Crippen molar-refractivity contribution in [2.24, 2.45) is 0 Å². The maximum atomic E-state index is 12.6. The number of hydrogen-bond donors (Lipinski definition) is 3. The van der Waals surface area contributed by atoms with E-state index in [9.17, 15) is 9.90 Å². The van der Waals surface area contributed by atoms with Crippen molar-refractivity contribution >= 4 is 5.91 Å². The second-order valence-corrected chi connectivity index (χ2v) is 7.13. The number of hydrogen-bond acceptors (Lipinski definition) is 7. The number of benzene rings is 1. The summed E-state index contributed by atoms with van der Waals surface area (Å²) in [6.45, 7) is 1.74. The van der Waals surface area contributed by atoms with Crippen molar-refractivity contribution in [2.75, 3.05) is 6.61 Å². The van der Waals surface area contributed by atoms with Gasteiger partial charge in [-0.1, -0.05) is 24.2 Å². The second kappa shape index (κ2) is 8.14. The molecular weight excluding hydrogens is 374 g/mol. The Labute approximate surface area is 167 Å². The second-order valence-electron chi connectivity index (χ2n) is 7.13. The molecule has 0 radical (unpaired) electrons. The Hall–Kier alpha value is -3.04. The predicted octanol–water partition coefficient (Wildman–Crippen LogP) is 1.27. The SMILES string of the molecule is CCc1nc(-c2ccc3c(c2)CC[C@H]3NC(=O)c2cnn(C[C@@H](O)CO)c2)no1. The summed E-state index contributed by atoms with van der Waals surface area (Å²) in [5.74, 6) is 0.967. The van der Waals surface area contributed by atoms with Gasteiger partial charge in [0.1, 0.15) is 0 Å². The van der Waals surface area contributed by atoms with Crippen LogP contribution in [0.4, 0.5) is 0 Å². The fourth-order valence-corrected chi connectivity index (χ4v) is 3.52. The summed E-state index contributed by atoms with van der Waals surface area (Å²) in [5, 5.41) is 29.5. The van der Waals surface area contributed by atoms with Gasteiger partial charge in [-0.15, -0.1) is 0 Å². The normalized spacial score (nSPS) is 16.6. The highest BCUT2D eigenvalue weighted by Crippen LogP contribution is 2.34. The summed E-state index contributed by atoms with van der Waals surface area (Å²) in [7, 11) is 0. The Kier molecular flexibility index (Phi) is 5.41. The first-order chi connectivity index (χ1) is 14.1. The van der Waals surface area contributed by atoms with Crippen LogP contribution in [0.25, 0.3) is 11.4 Å². The molecule has 2 aromatic heterocycles. The van der Waals surface area contributed by atoms with Crippen LogP contribution in [0.3, 0.4) is 0 Å². The number of aryl methyl sites for hydroxylation is 2. The molecule has 4 rings (SSSR count). The van der Waals surface area contributed by atoms with Gasteiger partial charge < -0.3 is 20.1 Å². The molecular formula is C20H23N5O4. The van der Waals surface area contributed by atoms with Crippen molar-refractivity contribution in [2.45, 2.75) is 44.9 Å². The number of carbonyl (C=O) groups excluding carboxylic acids is 1. The summed E-state index contributed by atoms with van der Waals surface area (Å²) in [6, 6.07) is 5.93. The molecule has 9 heteroatoms. The van der Waals surface area contributed by atoms with Gasteiger partial charge >= 0.3 is 0 Å². The molecule has 0 aliphatic heterocycles. The molecule has 0 bridgehead atoms. The zero-order chi connectivity index (χ0) is 20.4. The largest absolute Gasteiger partial charge is 0.394 e. The number of rotatable bonds is 7. The highest BCUT2D eigenvalue weighted by Gasteiger charge is 2.25. The summed E-state index contributed by atoms with van der Waals surface area (Å²) < 4.78 is 6.63. The van der Waals surface area contributed by atoms with Gasteiger partial charge in [-0.25, -0.2) is 0 Å². The minimum atomic E-state index is -0.908. The molecule has 0 fully saturated rings. The molecule has 1 aliphatic carbocycles. The van der Waals surface area contributed by atoms with Gasteiger partial charge in [0, 0.05) is 18.2 Å². The van der Waals surface area contributed by atoms with Crippen LogP contribution in [0.15, 0.2) is 35.1 Å². The topological polar surface area (TPSA) is 126 Å². The van der Waals surface area contributed by atoms with E-state index in [1.807, 2.05) is 19.1 Å². The lowest BCUT2D eigenvalue weighted by Gasteiger charge is -2.13. The van der Waals surface area contributed by atoms with E-state index in [4.69, 9.17) is 9.63 Å². The van der Waals surface area contributed by atoms with E-state index in [0.717, 1.165) is 29.5 Å². The van der Waals surface area contributed by atoms with Crippen molar-refractivity contribution in [3.05, 3.63) is 53.2 Å². The Morgan fingerprint density at radius 3 is 3.07 bits per heavy atom. The highest BCUT2D eigenvalue weighted by atomic mass is 16.5. The molecule has 2 atom stereocenters. The van der Waals surface area contributed by atoms with Crippen LogP contribution in [0, 0.1) is 0 Å². The molecule has 0 unspecified atom stereocenters. The highest BCUT2D eigenvalue weighted by molar-refractivity contribution is 5.94. The van der Waals surface area contributed by atoms with E-state index in [0.29, 0.717) is 23.7 Å². The minimum Gasteiger partial charge on any atom is -0.394 e. The van der Waals surface area contributed by atoms with Crippen molar-refractivity contribution in [1.82, 2.24) is 25.2 Å². The average molecular weight is 397 g/mol. The fraction of sp³-hybridized carbons (Fsp3) is 0.400. The Morgan fingerprint density at radius 1 is 1.45 bits per heavy atom. The Morgan fingerprint density at radius 2 is 2.31 bits per heavy atom. The van der Waals surface area contributed by atoms with Crippen LogP contribution < -0.4 is 5.32 Å². The molecule has 3 aromatic rings. The van der Waals surface area contributed by atoms with Crippen molar-refractivity contribution in [1.29, 1.82) is 0 Å². The zero-order valence-electron chi connectivity index (χ0n) is 16.1. The molecule has 0 saturated carbocycles. The van der Waals surface area contributed by atoms with Gasteiger partial charge in [0.2, 0.25) is 11.7 Å². The molecule has 1 amide bonds. The summed E-state index contributed by atoms with van der Waals surface area (Å²) in [6.07, 6.45) is 4.48. The molecule has 1 aromatic carbocycles. The molecule has 0 spiro atoms. The van der Waals surface area contributed by atoms with Crippen LogP contribution in [0.5, 0.6) is 0 Å². The van der Waals surface area contributed by atoms with Gasteiger partial charge in [0.15, 0.2) is 0 Å². The lowest BCUT2D eigenvalue weighted by Crippen LogP contribution is -2.27. The number of fused-ring (bicyclic) bond motifs is 1. The van der Waals surface area contributed by atoms with E-state index in [-0.39, 0.29) is 25.1 Å². The fourth-order valence-electron chi connectivity index (χ4n) is 3.52. The van der Waals surface area contributed by atoms with Gasteiger partial charge in [-0.2, -0.15) is 10.1 Å². The number of amides is 1. The molecule has 29 heavy (non-hydrogen) atoms. The van der Waals surface area contributed by atoms with Crippen LogP contribution in [0.2, 0.25) is 0 Å². The number of aliphatic hydroxyl groups is 2. The summed E-state index contributed by atoms with van der Waals surface area (Å²) >= 11 is 0. The van der Waals surface area contributed by atoms with Crippen LogP contribution in [0.1, 0.15) is 46.8 Å². The van der Waals surface area contributed by atoms with Gasteiger partial charge in [0.25, 0.3) is 5.91 Å². The Balaban J connectivity index is 1.45.